The van der Waals surface area contributed by atoms with E-state index in [-0.39, 0.29) is 11.9 Å². The van der Waals surface area contributed by atoms with E-state index in [1.165, 1.54) is 0 Å². The normalized spacial score (nSPS) is 20.5. The van der Waals surface area contributed by atoms with Crippen molar-refractivity contribution in [3.8, 4) is 0 Å². The number of amides is 1. The molecule has 1 N–H and O–H groups in total. The van der Waals surface area contributed by atoms with Crippen molar-refractivity contribution in [2.24, 2.45) is 0 Å². The number of hydrogen-bond acceptors (Lipinski definition) is 1. The molecule has 1 aliphatic heterocycles. The van der Waals surface area contributed by atoms with Gasteiger partial charge in [0, 0.05) is 16.1 Å². The van der Waals surface area contributed by atoms with Gasteiger partial charge < -0.3 is 5.32 Å². The highest BCUT2D eigenvalue weighted by atomic mass is 35.5. The molecule has 2 nitrogen and oxygen atoms in total. The maximum atomic E-state index is 11.3. The Morgan fingerprint density at radius 1 is 1.50 bits per heavy atom. The van der Waals surface area contributed by atoms with Crippen LogP contribution in [-0.2, 0) is 0 Å². The predicted octanol–water partition coefficient (Wildman–Crippen LogP) is 2.14. The Morgan fingerprint density at radius 3 is 2.92 bits per heavy atom. The van der Waals surface area contributed by atoms with Crippen molar-refractivity contribution >= 4 is 17.5 Å². The lowest BCUT2D eigenvalue weighted by molar-refractivity contribution is 0.0958. The van der Waals surface area contributed by atoms with Gasteiger partial charge in [-0.3, -0.25) is 4.79 Å². The molecular formula is C9H8ClNO. The number of nitrogens with one attached hydrogen (secondary N) is 1. The molecule has 1 aromatic carbocycles. The fraction of sp³-hybridized carbons (Fsp3) is 0.222. The third-order valence-electron chi connectivity index (χ3n) is 2.08. The molecule has 12 heavy (non-hydrogen) atoms. The van der Waals surface area contributed by atoms with Gasteiger partial charge in [-0.25, -0.2) is 0 Å². The molecule has 1 atom stereocenters. The van der Waals surface area contributed by atoms with E-state index in [1.807, 2.05) is 6.92 Å². The van der Waals surface area contributed by atoms with E-state index in [0.717, 1.165) is 5.56 Å². The summed E-state index contributed by atoms with van der Waals surface area (Å²) in [5.74, 6) is -0.0278. The Hall–Kier alpha value is -1.02. The van der Waals surface area contributed by atoms with Crippen LogP contribution in [0.25, 0.3) is 0 Å². The van der Waals surface area contributed by atoms with Gasteiger partial charge in [0.15, 0.2) is 0 Å². The first-order valence-electron chi connectivity index (χ1n) is 3.79. The van der Waals surface area contributed by atoms with Crippen LogP contribution in [0.2, 0.25) is 5.02 Å². The molecule has 62 valence electrons. The van der Waals surface area contributed by atoms with Gasteiger partial charge in [-0.1, -0.05) is 17.7 Å². The fourth-order valence-electron chi connectivity index (χ4n) is 1.52. The van der Waals surface area contributed by atoms with Gasteiger partial charge >= 0.3 is 0 Å². The van der Waals surface area contributed by atoms with Gasteiger partial charge in [0.1, 0.15) is 0 Å². The van der Waals surface area contributed by atoms with Crippen LogP contribution in [0.5, 0.6) is 0 Å². The molecule has 0 saturated carbocycles. The van der Waals surface area contributed by atoms with Crippen LogP contribution in [0.4, 0.5) is 0 Å². The highest BCUT2D eigenvalue weighted by molar-refractivity contribution is 6.32. The zero-order valence-corrected chi connectivity index (χ0v) is 7.35. The van der Waals surface area contributed by atoms with Crippen LogP contribution in [-0.4, -0.2) is 5.91 Å². The van der Waals surface area contributed by atoms with Crippen LogP contribution >= 0.6 is 11.6 Å². The zero-order chi connectivity index (χ0) is 8.72. The van der Waals surface area contributed by atoms with Gasteiger partial charge in [-0.05, 0) is 19.1 Å². The first kappa shape index (κ1) is 7.62. The minimum atomic E-state index is -0.0278. The molecule has 1 heterocycles. The fourth-order valence-corrected chi connectivity index (χ4v) is 1.86. The molecule has 1 aliphatic rings. The van der Waals surface area contributed by atoms with Gasteiger partial charge in [-0.15, -0.1) is 0 Å². The molecule has 0 bridgehead atoms. The Balaban J connectivity index is 2.67. The van der Waals surface area contributed by atoms with Crippen LogP contribution < -0.4 is 5.32 Å². The number of carbonyl (C=O) groups excluding carboxylic acids is 1. The van der Waals surface area contributed by atoms with E-state index < -0.39 is 0 Å². The van der Waals surface area contributed by atoms with Crippen molar-refractivity contribution in [3.63, 3.8) is 0 Å². The summed E-state index contributed by atoms with van der Waals surface area (Å²) >= 11 is 5.94. The van der Waals surface area contributed by atoms with Crippen LogP contribution in [0.15, 0.2) is 18.2 Å². The van der Waals surface area contributed by atoms with Crippen molar-refractivity contribution in [1.29, 1.82) is 0 Å². The Morgan fingerprint density at radius 2 is 2.25 bits per heavy atom. The molecule has 0 radical (unpaired) electrons. The first-order valence-corrected chi connectivity index (χ1v) is 4.17. The molecule has 0 fully saturated rings. The van der Waals surface area contributed by atoms with Crippen molar-refractivity contribution < 1.29 is 4.79 Å². The monoisotopic (exact) mass is 181 g/mol. The summed E-state index contributed by atoms with van der Waals surface area (Å²) in [4.78, 5) is 11.3. The summed E-state index contributed by atoms with van der Waals surface area (Å²) in [6.45, 7) is 1.93. The third kappa shape index (κ3) is 0.916. The molecule has 1 amide bonds. The van der Waals surface area contributed by atoms with Crippen molar-refractivity contribution in [2.75, 3.05) is 0 Å². The van der Waals surface area contributed by atoms with E-state index in [0.29, 0.717) is 10.6 Å². The summed E-state index contributed by atoms with van der Waals surface area (Å²) in [6, 6.07) is 5.43. The maximum Gasteiger partial charge on any atom is 0.252 e. The second-order valence-corrected chi connectivity index (χ2v) is 3.30. The molecular weight excluding hydrogens is 174 g/mol. The number of benzene rings is 1. The minimum absolute atomic E-state index is 0.0278. The van der Waals surface area contributed by atoms with Gasteiger partial charge in [0.2, 0.25) is 0 Å². The second kappa shape index (κ2) is 2.49. The van der Waals surface area contributed by atoms with Gasteiger partial charge in [-0.2, -0.15) is 0 Å². The smallest absolute Gasteiger partial charge is 0.252 e. The maximum absolute atomic E-state index is 11.3. The summed E-state index contributed by atoms with van der Waals surface area (Å²) < 4.78 is 0. The highest BCUT2D eigenvalue weighted by Gasteiger charge is 2.26. The lowest BCUT2D eigenvalue weighted by atomic mass is 10.1. The average Bonchev–Trinajstić information content (AvgIpc) is 2.29. The van der Waals surface area contributed by atoms with Crippen molar-refractivity contribution in [2.45, 2.75) is 13.0 Å². The lowest BCUT2D eigenvalue weighted by Gasteiger charge is -2.04. The predicted molar refractivity (Wildman–Crippen MR) is 47.3 cm³/mol. The third-order valence-corrected chi connectivity index (χ3v) is 2.41. The standard InChI is InChI=1S/C9H8ClNO/c1-5-8-6(9(12)11-5)3-2-4-7(8)10/h2-5H,1H3,(H,11,12). The largest absolute Gasteiger partial charge is 0.345 e. The van der Waals surface area contributed by atoms with Gasteiger partial charge in [0.05, 0.1) is 6.04 Å². The quantitative estimate of drug-likeness (QED) is 0.653. The molecule has 3 heteroatoms. The Kier molecular flexibility index (Phi) is 1.58. The first-order chi connectivity index (χ1) is 5.70. The van der Waals surface area contributed by atoms with Crippen molar-refractivity contribution in [1.82, 2.24) is 5.32 Å². The summed E-state index contributed by atoms with van der Waals surface area (Å²) in [7, 11) is 0. The number of carbonyl (C=O) groups is 1. The molecule has 1 unspecified atom stereocenters. The molecule has 2 rings (SSSR count). The van der Waals surface area contributed by atoms with Crippen molar-refractivity contribution in [3.05, 3.63) is 34.3 Å². The Labute approximate surface area is 75.5 Å². The number of halogens is 1. The molecule has 0 aliphatic carbocycles. The SMILES string of the molecule is CC1NC(=O)c2cccc(Cl)c21. The summed E-state index contributed by atoms with van der Waals surface area (Å²) in [5, 5.41) is 3.46. The zero-order valence-electron chi connectivity index (χ0n) is 6.60. The highest BCUT2D eigenvalue weighted by Crippen LogP contribution is 2.30. The minimum Gasteiger partial charge on any atom is -0.345 e. The van der Waals surface area contributed by atoms with E-state index in [2.05, 4.69) is 5.32 Å². The topological polar surface area (TPSA) is 29.1 Å². The molecule has 0 saturated heterocycles. The average molecular weight is 182 g/mol. The van der Waals surface area contributed by atoms with Gasteiger partial charge in [0.25, 0.3) is 5.91 Å². The van der Waals surface area contributed by atoms with E-state index in [9.17, 15) is 4.79 Å². The van der Waals surface area contributed by atoms with E-state index in [1.54, 1.807) is 18.2 Å². The second-order valence-electron chi connectivity index (χ2n) is 2.90. The molecule has 0 spiro atoms. The molecule has 0 aromatic heterocycles. The summed E-state index contributed by atoms with van der Waals surface area (Å²) in [5.41, 5.74) is 1.62. The lowest BCUT2D eigenvalue weighted by Crippen LogP contribution is -2.16. The number of hydrogen-bond donors (Lipinski definition) is 1. The number of fused-ring (bicyclic) bond motifs is 1. The Bertz CT molecular complexity index is 348. The van der Waals surface area contributed by atoms with Crippen LogP contribution in [0.3, 0.4) is 0 Å². The van der Waals surface area contributed by atoms with E-state index in [4.69, 9.17) is 11.6 Å². The van der Waals surface area contributed by atoms with Crippen LogP contribution in [0.1, 0.15) is 28.9 Å². The van der Waals surface area contributed by atoms with E-state index >= 15 is 0 Å². The molecule has 1 aromatic rings. The van der Waals surface area contributed by atoms with Crippen LogP contribution in [0, 0.1) is 0 Å². The summed E-state index contributed by atoms with van der Waals surface area (Å²) in [6.07, 6.45) is 0. The number of rotatable bonds is 0.